The highest BCUT2D eigenvalue weighted by molar-refractivity contribution is 7.89. The average Bonchev–Trinajstić information content (AvgIpc) is 3.16. The van der Waals surface area contributed by atoms with Crippen LogP contribution in [0.5, 0.6) is 0 Å². The summed E-state index contributed by atoms with van der Waals surface area (Å²) in [5.41, 5.74) is 1.28. The third kappa shape index (κ3) is 6.48. The van der Waals surface area contributed by atoms with Crippen LogP contribution in [0.25, 0.3) is 11.0 Å². The molecule has 2 amide bonds. The number of aromatic nitrogens is 1. The summed E-state index contributed by atoms with van der Waals surface area (Å²) in [6, 6.07) is 10.4. The maximum Gasteiger partial charge on any atom is 0.287 e. The number of hydrogen-bond acceptors (Lipinski definition) is 7. The number of carbonyl (C=O) groups is 2. The molecule has 0 aliphatic carbocycles. The summed E-state index contributed by atoms with van der Waals surface area (Å²) in [6.07, 6.45) is 0.996. The smallest absolute Gasteiger partial charge is 0.287 e. The molecule has 4 rings (SSSR count). The van der Waals surface area contributed by atoms with Crippen molar-refractivity contribution >= 4 is 32.8 Å². The summed E-state index contributed by atoms with van der Waals surface area (Å²) in [6.45, 7) is 7.55. The molecule has 0 unspecified atom stereocenters. The van der Waals surface area contributed by atoms with Gasteiger partial charge in [0.15, 0.2) is 10.8 Å². The lowest BCUT2D eigenvalue weighted by Gasteiger charge is -2.27. The van der Waals surface area contributed by atoms with Crippen molar-refractivity contribution in [2.24, 2.45) is 11.8 Å². The zero-order valence-electron chi connectivity index (χ0n) is 22.6. The maximum absolute atomic E-state index is 13.4. The van der Waals surface area contributed by atoms with Crippen molar-refractivity contribution in [3.8, 4) is 0 Å². The fourth-order valence-corrected chi connectivity index (χ4v) is 6.52. The fourth-order valence-electron chi connectivity index (χ4n) is 5.01. The van der Waals surface area contributed by atoms with Gasteiger partial charge in [0, 0.05) is 30.2 Å². The van der Waals surface area contributed by atoms with E-state index in [0.717, 1.165) is 5.39 Å². The molecule has 3 heterocycles. The number of aliphatic hydroxyl groups is 1. The van der Waals surface area contributed by atoms with Gasteiger partial charge in [0.1, 0.15) is 11.6 Å². The van der Waals surface area contributed by atoms with Gasteiger partial charge in [0.2, 0.25) is 5.91 Å². The van der Waals surface area contributed by atoms with Gasteiger partial charge in [-0.2, -0.15) is 4.31 Å². The summed E-state index contributed by atoms with van der Waals surface area (Å²) in [5, 5.41) is 17.4. The minimum Gasteiger partial charge on any atom is -0.451 e. The van der Waals surface area contributed by atoms with Crippen LogP contribution in [-0.4, -0.2) is 65.9 Å². The Morgan fingerprint density at radius 3 is 2.54 bits per heavy atom. The first-order valence-corrected chi connectivity index (χ1v) is 14.6. The molecule has 39 heavy (non-hydrogen) atoms. The number of amides is 2. The van der Waals surface area contributed by atoms with Crippen LogP contribution in [0, 0.1) is 18.8 Å². The van der Waals surface area contributed by atoms with Crippen molar-refractivity contribution in [1.82, 2.24) is 19.9 Å². The third-order valence-electron chi connectivity index (χ3n) is 6.98. The van der Waals surface area contributed by atoms with E-state index >= 15 is 0 Å². The molecule has 0 bridgehead atoms. The Morgan fingerprint density at radius 1 is 1.15 bits per heavy atom. The molecule has 4 atom stereocenters. The average molecular weight is 557 g/mol. The number of β-amino-alcohol motifs (C(OH)–C–C–N with tert-alkyl or cyclic N) is 1. The number of fused-ring (bicyclic) bond motifs is 1. The van der Waals surface area contributed by atoms with Crippen LogP contribution < -0.4 is 10.6 Å². The Balaban J connectivity index is 1.49. The number of sulfonamides is 1. The summed E-state index contributed by atoms with van der Waals surface area (Å²) < 4.78 is 33.3. The fraction of sp³-hybridized carbons (Fsp3) is 0.464. The van der Waals surface area contributed by atoms with Crippen molar-refractivity contribution in [3.63, 3.8) is 0 Å². The summed E-state index contributed by atoms with van der Waals surface area (Å²) in [7, 11) is -3.92. The molecule has 1 fully saturated rings. The number of hydrogen-bond donors (Lipinski definition) is 3. The van der Waals surface area contributed by atoms with E-state index in [1.165, 1.54) is 16.6 Å². The van der Waals surface area contributed by atoms with Gasteiger partial charge < -0.3 is 20.2 Å². The minimum atomic E-state index is -3.92. The highest BCUT2D eigenvalue weighted by atomic mass is 32.2. The maximum atomic E-state index is 13.4. The molecule has 1 saturated heterocycles. The Hall–Kier alpha value is -3.28. The van der Waals surface area contributed by atoms with Crippen LogP contribution in [0.3, 0.4) is 0 Å². The second kappa shape index (κ2) is 11.8. The third-order valence-corrected chi connectivity index (χ3v) is 8.72. The number of nitrogens with one attached hydrogen (secondary N) is 2. The molecule has 210 valence electrons. The Morgan fingerprint density at radius 2 is 1.87 bits per heavy atom. The van der Waals surface area contributed by atoms with E-state index in [2.05, 4.69) is 15.6 Å². The van der Waals surface area contributed by atoms with Gasteiger partial charge in [-0.05, 0) is 49.8 Å². The lowest BCUT2D eigenvalue weighted by atomic mass is 9.98. The molecule has 2 aromatic heterocycles. The Bertz CT molecular complexity index is 1420. The second-order valence-electron chi connectivity index (χ2n) is 10.7. The van der Waals surface area contributed by atoms with Crippen molar-refractivity contribution in [2.75, 3.05) is 13.1 Å². The van der Waals surface area contributed by atoms with Gasteiger partial charge in [0.25, 0.3) is 15.9 Å². The van der Waals surface area contributed by atoms with E-state index in [1.54, 1.807) is 25.1 Å². The highest BCUT2D eigenvalue weighted by Gasteiger charge is 2.37. The quantitative estimate of drug-likeness (QED) is 0.387. The van der Waals surface area contributed by atoms with E-state index in [0.29, 0.717) is 24.0 Å². The van der Waals surface area contributed by atoms with Crippen LogP contribution in [0.15, 0.2) is 58.1 Å². The topological polar surface area (TPSA) is 142 Å². The van der Waals surface area contributed by atoms with Crippen molar-refractivity contribution in [1.29, 1.82) is 0 Å². The molecule has 1 aliphatic rings. The van der Waals surface area contributed by atoms with Crippen molar-refractivity contribution < 1.29 is 27.5 Å². The molecule has 11 heteroatoms. The van der Waals surface area contributed by atoms with E-state index in [-0.39, 0.29) is 35.7 Å². The first kappa shape index (κ1) is 28.7. The van der Waals surface area contributed by atoms with E-state index in [4.69, 9.17) is 4.42 Å². The van der Waals surface area contributed by atoms with Gasteiger partial charge in [-0.15, -0.1) is 0 Å². The molecule has 0 radical (unpaired) electrons. The predicted molar refractivity (Wildman–Crippen MR) is 146 cm³/mol. The number of nitrogens with zero attached hydrogens (tertiary/aromatic N) is 2. The van der Waals surface area contributed by atoms with Crippen molar-refractivity contribution in [2.45, 2.75) is 63.8 Å². The normalized spacial score (nSPS) is 21.4. The number of carbonyl (C=O) groups excluding carboxylic acids is 2. The highest BCUT2D eigenvalue weighted by Crippen LogP contribution is 2.26. The van der Waals surface area contributed by atoms with Gasteiger partial charge in [-0.25, -0.2) is 13.4 Å². The Labute approximate surface area is 228 Å². The molecule has 3 N–H and O–H groups in total. The van der Waals surface area contributed by atoms with E-state index in [9.17, 15) is 23.1 Å². The minimum absolute atomic E-state index is 0.0903. The van der Waals surface area contributed by atoms with Crippen LogP contribution in [0.2, 0.25) is 0 Å². The van der Waals surface area contributed by atoms with Crippen LogP contribution in [0.4, 0.5) is 0 Å². The van der Waals surface area contributed by atoms with E-state index < -0.39 is 40.0 Å². The Kier molecular flexibility index (Phi) is 8.73. The molecular weight excluding hydrogens is 520 g/mol. The van der Waals surface area contributed by atoms with Crippen LogP contribution in [0.1, 0.15) is 49.7 Å². The molecule has 0 spiro atoms. The SMILES string of the molecule is Cc1c(C(=O)N[C@@H](CC(C)C)C(=O)N[C@H]2C[C@H](C)CN(S(=O)(=O)c3ccccn3)C[C@@H]2O)oc2ccccc12. The number of aryl methyl sites for hydroxylation is 1. The second-order valence-corrected chi connectivity index (χ2v) is 12.6. The largest absolute Gasteiger partial charge is 0.451 e. The number of aliphatic hydroxyl groups excluding tert-OH is 1. The number of para-hydroxylation sites is 1. The number of furan rings is 1. The van der Waals surface area contributed by atoms with Gasteiger partial charge in [-0.1, -0.05) is 45.0 Å². The molecular formula is C28H36N4O6S. The van der Waals surface area contributed by atoms with Gasteiger partial charge in [-0.3, -0.25) is 9.59 Å². The summed E-state index contributed by atoms with van der Waals surface area (Å²) in [5.74, 6) is -0.844. The zero-order valence-corrected chi connectivity index (χ0v) is 23.4. The van der Waals surface area contributed by atoms with E-state index in [1.807, 2.05) is 39.0 Å². The summed E-state index contributed by atoms with van der Waals surface area (Å²) >= 11 is 0. The molecule has 1 aliphatic heterocycles. The lowest BCUT2D eigenvalue weighted by molar-refractivity contribution is -0.125. The molecule has 10 nitrogen and oxygen atoms in total. The molecule has 3 aromatic rings. The van der Waals surface area contributed by atoms with Gasteiger partial charge >= 0.3 is 0 Å². The summed E-state index contributed by atoms with van der Waals surface area (Å²) in [4.78, 5) is 30.6. The predicted octanol–water partition coefficient (Wildman–Crippen LogP) is 2.86. The molecule has 0 saturated carbocycles. The number of pyridine rings is 1. The monoisotopic (exact) mass is 556 g/mol. The standard InChI is InChI=1S/C28H36N4O6S/c1-17(2)13-22(31-28(35)26-19(4)20-9-5-6-10-24(20)38-26)27(34)30-21-14-18(3)15-32(16-23(21)33)39(36,37)25-11-7-8-12-29-25/h5-12,17-18,21-23,33H,13-16H2,1-4H3,(H,30,34)(H,31,35)/t18-,21-,22-,23-/m0/s1. The van der Waals surface area contributed by atoms with Crippen LogP contribution >= 0.6 is 0 Å². The van der Waals surface area contributed by atoms with Crippen LogP contribution in [-0.2, 0) is 14.8 Å². The zero-order chi connectivity index (χ0) is 28.3. The first-order valence-electron chi connectivity index (χ1n) is 13.2. The number of rotatable bonds is 8. The van der Waals surface area contributed by atoms with Crippen molar-refractivity contribution in [3.05, 3.63) is 60.0 Å². The van der Waals surface area contributed by atoms with Gasteiger partial charge in [0.05, 0.1) is 12.1 Å². The molecule has 1 aromatic carbocycles. The number of benzene rings is 1. The lowest BCUT2D eigenvalue weighted by Crippen LogP contribution is -2.54. The first-order chi connectivity index (χ1) is 18.5.